The van der Waals surface area contributed by atoms with E-state index < -0.39 is 65.6 Å². The molecule has 0 amide bonds. The zero-order valence-corrected chi connectivity index (χ0v) is 17.4. The molecule has 0 aromatic carbocycles. The zero-order valence-electron chi connectivity index (χ0n) is 17.4. The summed E-state index contributed by atoms with van der Waals surface area (Å²) in [6.45, 7) is 11.1. The van der Waals surface area contributed by atoms with Gasteiger partial charge < -0.3 is 25.2 Å². The van der Waals surface area contributed by atoms with Crippen LogP contribution >= 0.6 is 0 Å². The van der Waals surface area contributed by atoms with Crippen LogP contribution < -0.4 is 0 Å². The van der Waals surface area contributed by atoms with E-state index in [1.165, 1.54) is 13.8 Å². The minimum absolute atomic E-state index is 0.0239. The molecule has 0 aromatic rings. The second kappa shape index (κ2) is 8.99. The van der Waals surface area contributed by atoms with Gasteiger partial charge in [0, 0.05) is 23.7 Å². The van der Waals surface area contributed by atoms with Crippen LogP contribution in [0.25, 0.3) is 0 Å². The van der Waals surface area contributed by atoms with Crippen molar-refractivity contribution in [3.8, 4) is 0 Å². The summed E-state index contributed by atoms with van der Waals surface area (Å²) in [7, 11) is 0. The first-order valence-electron chi connectivity index (χ1n) is 9.73. The first-order chi connectivity index (χ1) is 12.2. The van der Waals surface area contributed by atoms with E-state index >= 15 is 0 Å². The molecule has 7 nitrogen and oxygen atoms in total. The van der Waals surface area contributed by atoms with Crippen molar-refractivity contribution >= 4 is 11.8 Å². The first kappa shape index (κ1) is 24.0. The quantitative estimate of drug-likeness (QED) is 0.455. The maximum Gasteiger partial charge on any atom is 0.311 e. The summed E-state index contributed by atoms with van der Waals surface area (Å²) >= 11 is 0. The SMILES string of the molecule is C[C@@H]1[C@H](O)[C@@H](C)C(=O)[C@H](C)C[C@@](C)(O)[C@H](O)[C@@H](C)[C@H](O)[C@@H](C)C(=O)O[C@@H]1C. The number of aliphatic hydroxyl groups excluding tert-OH is 3. The third-order valence-corrected chi connectivity index (χ3v) is 6.31. The number of hydrogen-bond acceptors (Lipinski definition) is 7. The molecule has 1 aliphatic rings. The van der Waals surface area contributed by atoms with Crippen molar-refractivity contribution in [2.24, 2.45) is 29.6 Å². The maximum atomic E-state index is 12.7. The van der Waals surface area contributed by atoms with Gasteiger partial charge in [0.2, 0.25) is 0 Å². The second-order valence-corrected chi connectivity index (χ2v) is 8.73. The Kier molecular flexibility index (Phi) is 7.99. The number of Topliss-reactive ketones (excluding diaryl/α,β-unsaturated/α-hetero) is 1. The Morgan fingerprint density at radius 2 is 1.37 bits per heavy atom. The predicted molar refractivity (Wildman–Crippen MR) is 99.6 cm³/mol. The van der Waals surface area contributed by atoms with Crippen molar-refractivity contribution in [3.05, 3.63) is 0 Å². The molecule has 1 heterocycles. The highest BCUT2D eigenvalue weighted by molar-refractivity contribution is 5.83. The minimum Gasteiger partial charge on any atom is -0.462 e. The highest BCUT2D eigenvalue weighted by atomic mass is 16.5. The Bertz CT molecular complexity index is 532. The summed E-state index contributed by atoms with van der Waals surface area (Å²) in [6, 6.07) is 0. The van der Waals surface area contributed by atoms with Crippen LogP contribution in [0.5, 0.6) is 0 Å². The Morgan fingerprint density at radius 3 is 1.89 bits per heavy atom. The van der Waals surface area contributed by atoms with Crippen molar-refractivity contribution in [1.29, 1.82) is 0 Å². The van der Waals surface area contributed by atoms with Crippen LogP contribution in [0.2, 0.25) is 0 Å². The summed E-state index contributed by atoms with van der Waals surface area (Å²) in [6.07, 6.45) is -4.29. The smallest absolute Gasteiger partial charge is 0.311 e. The van der Waals surface area contributed by atoms with E-state index in [0.717, 1.165) is 0 Å². The number of cyclic esters (lactones) is 1. The lowest BCUT2D eigenvalue weighted by atomic mass is 9.75. The van der Waals surface area contributed by atoms with Gasteiger partial charge >= 0.3 is 5.97 Å². The van der Waals surface area contributed by atoms with Gasteiger partial charge in [0.1, 0.15) is 11.9 Å². The summed E-state index contributed by atoms with van der Waals surface area (Å²) < 4.78 is 5.39. The van der Waals surface area contributed by atoms with Gasteiger partial charge in [-0.1, -0.05) is 27.7 Å². The number of ketones is 1. The van der Waals surface area contributed by atoms with Crippen LogP contribution in [0.4, 0.5) is 0 Å². The third-order valence-electron chi connectivity index (χ3n) is 6.31. The number of ether oxygens (including phenoxy) is 1. The molecule has 27 heavy (non-hydrogen) atoms. The van der Waals surface area contributed by atoms with Crippen LogP contribution in [-0.4, -0.2) is 62.2 Å². The summed E-state index contributed by atoms with van der Waals surface area (Å²) in [4.78, 5) is 25.1. The Morgan fingerprint density at radius 1 is 0.889 bits per heavy atom. The van der Waals surface area contributed by atoms with Crippen LogP contribution in [0.15, 0.2) is 0 Å². The van der Waals surface area contributed by atoms with E-state index in [1.807, 2.05) is 0 Å². The molecular formula is C20H36O7. The zero-order chi connectivity index (χ0) is 21.3. The van der Waals surface area contributed by atoms with Crippen molar-refractivity contribution in [1.82, 2.24) is 0 Å². The molecule has 0 aliphatic carbocycles. The molecule has 0 spiro atoms. The van der Waals surface area contributed by atoms with Crippen LogP contribution in [0.3, 0.4) is 0 Å². The van der Waals surface area contributed by atoms with Gasteiger partial charge in [-0.25, -0.2) is 0 Å². The lowest BCUT2D eigenvalue weighted by Gasteiger charge is -2.39. The molecule has 0 unspecified atom stereocenters. The van der Waals surface area contributed by atoms with Crippen molar-refractivity contribution in [3.63, 3.8) is 0 Å². The molecule has 1 rings (SSSR count). The summed E-state index contributed by atoms with van der Waals surface area (Å²) in [5.41, 5.74) is -1.65. The van der Waals surface area contributed by atoms with E-state index in [-0.39, 0.29) is 12.2 Å². The van der Waals surface area contributed by atoms with E-state index in [2.05, 4.69) is 0 Å². The van der Waals surface area contributed by atoms with Crippen LogP contribution in [-0.2, 0) is 14.3 Å². The number of rotatable bonds is 0. The molecule has 7 heteroatoms. The fourth-order valence-electron chi connectivity index (χ4n) is 3.94. The molecule has 0 radical (unpaired) electrons. The fourth-order valence-corrected chi connectivity index (χ4v) is 3.94. The fraction of sp³-hybridized carbons (Fsp3) is 0.900. The molecule has 0 aromatic heterocycles. The van der Waals surface area contributed by atoms with E-state index in [4.69, 9.17) is 4.74 Å². The van der Waals surface area contributed by atoms with E-state index in [1.54, 1.807) is 34.6 Å². The van der Waals surface area contributed by atoms with Crippen molar-refractivity contribution in [2.75, 3.05) is 0 Å². The predicted octanol–water partition coefficient (Wildman–Crippen LogP) is 0.905. The average Bonchev–Trinajstić information content (AvgIpc) is 2.61. The first-order valence-corrected chi connectivity index (χ1v) is 9.73. The van der Waals surface area contributed by atoms with Gasteiger partial charge in [-0.15, -0.1) is 0 Å². The molecule has 1 aliphatic heterocycles. The standard InChI is InChI=1S/C20H36O7/c1-9-8-20(7,26)18(24)12(4)17(23)13(5)19(25)27-14(6)10(2)16(22)11(3)15(9)21/h9-14,16-18,22-24,26H,8H2,1-7H3/t9-,10+,11+,12+,13-,14-,16+,17+,18-,20-/m1/s1. The Labute approximate surface area is 161 Å². The van der Waals surface area contributed by atoms with Gasteiger partial charge in [-0.05, 0) is 27.2 Å². The molecule has 4 N–H and O–H groups in total. The van der Waals surface area contributed by atoms with Gasteiger partial charge in [0.05, 0.1) is 29.8 Å². The lowest BCUT2D eigenvalue weighted by Crippen LogP contribution is -2.51. The Balaban J connectivity index is 3.27. The Hall–Kier alpha value is -1.02. The third kappa shape index (κ3) is 5.28. The minimum atomic E-state index is -1.65. The van der Waals surface area contributed by atoms with Crippen molar-refractivity contribution in [2.45, 2.75) is 84.9 Å². The van der Waals surface area contributed by atoms with Crippen LogP contribution in [0, 0.1) is 29.6 Å². The molecular weight excluding hydrogens is 352 g/mol. The van der Waals surface area contributed by atoms with Gasteiger partial charge in [-0.2, -0.15) is 0 Å². The number of esters is 1. The van der Waals surface area contributed by atoms with Crippen molar-refractivity contribution < 1.29 is 34.8 Å². The number of carbonyl (C=O) groups excluding carboxylic acids is 2. The lowest BCUT2D eigenvalue weighted by molar-refractivity contribution is -0.169. The highest BCUT2D eigenvalue weighted by Gasteiger charge is 2.44. The summed E-state index contributed by atoms with van der Waals surface area (Å²) in [5.74, 6) is -4.44. The van der Waals surface area contributed by atoms with Gasteiger partial charge in [0.15, 0.2) is 0 Å². The van der Waals surface area contributed by atoms with Gasteiger partial charge in [-0.3, -0.25) is 9.59 Å². The molecule has 158 valence electrons. The molecule has 0 saturated carbocycles. The number of aliphatic hydroxyl groups is 4. The van der Waals surface area contributed by atoms with Gasteiger partial charge in [0.25, 0.3) is 0 Å². The summed E-state index contributed by atoms with van der Waals surface area (Å²) in [5, 5.41) is 42.4. The monoisotopic (exact) mass is 388 g/mol. The second-order valence-electron chi connectivity index (χ2n) is 8.73. The normalized spacial score (nSPS) is 48.6. The number of hydrogen-bond donors (Lipinski definition) is 4. The molecule has 1 fully saturated rings. The van der Waals surface area contributed by atoms with E-state index in [0.29, 0.717) is 0 Å². The topological polar surface area (TPSA) is 124 Å². The van der Waals surface area contributed by atoms with Crippen LogP contribution in [0.1, 0.15) is 54.9 Å². The maximum absolute atomic E-state index is 12.7. The molecule has 1 saturated heterocycles. The van der Waals surface area contributed by atoms with E-state index in [9.17, 15) is 30.0 Å². The number of carbonyl (C=O) groups is 2. The molecule has 10 atom stereocenters. The molecule has 0 bridgehead atoms. The average molecular weight is 389 g/mol. The largest absolute Gasteiger partial charge is 0.462 e. The highest BCUT2D eigenvalue weighted by Crippen LogP contribution is 2.32.